The number of carbonyl (C=O) groups excluding carboxylic acids is 2. The molecule has 5 aliphatic carbocycles. The maximum Gasteiger partial charge on any atom is 0.302 e. The minimum atomic E-state index is -0.901. The summed E-state index contributed by atoms with van der Waals surface area (Å²) in [4.78, 5) is 48.6. The van der Waals surface area contributed by atoms with E-state index >= 15 is 0 Å². The van der Waals surface area contributed by atoms with E-state index in [4.69, 9.17) is 30.0 Å². The Labute approximate surface area is 252 Å². The van der Waals surface area contributed by atoms with Crippen molar-refractivity contribution in [3.05, 3.63) is 0 Å². The van der Waals surface area contributed by atoms with E-state index in [1.54, 1.807) is 6.92 Å². The Morgan fingerprint density at radius 3 is 2.19 bits per heavy atom. The van der Waals surface area contributed by atoms with Gasteiger partial charge < -0.3 is 10.5 Å². The number of ether oxygens (including phenoxy) is 1. The van der Waals surface area contributed by atoms with Crippen LogP contribution < -0.4 is 5.73 Å². The van der Waals surface area contributed by atoms with Crippen LogP contribution in [-0.2, 0) is 33.9 Å². The molecule has 2 N–H and O–H groups in total. The van der Waals surface area contributed by atoms with Crippen LogP contribution >= 0.6 is 0 Å². The lowest BCUT2D eigenvalue weighted by Crippen LogP contribution is -2.62. The van der Waals surface area contributed by atoms with Crippen LogP contribution in [0.1, 0.15) is 131 Å². The highest BCUT2D eigenvalue weighted by atomic mass is 17.4. The topological polar surface area (TPSA) is 106 Å². The molecule has 6 aliphatic rings. The van der Waals surface area contributed by atoms with Crippen LogP contribution in [-0.4, -0.2) is 29.6 Å². The van der Waals surface area contributed by atoms with Gasteiger partial charge in [-0.3, -0.25) is 9.59 Å². The predicted molar refractivity (Wildman–Crippen MR) is 156 cm³/mol. The normalized spacial score (nSPS) is 49.1. The van der Waals surface area contributed by atoms with Crippen molar-refractivity contribution in [2.45, 2.75) is 149 Å². The second-order valence-electron chi connectivity index (χ2n) is 15.8. The summed E-state index contributed by atoms with van der Waals surface area (Å²) < 4.78 is 6.22. The fourth-order valence-corrected chi connectivity index (χ4v) is 11.2. The molecule has 42 heavy (non-hydrogen) atoms. The maximum absolute atomic E-state index is 12.5. The molecule has 1 amide bonds. The number of carbonyl (C=O) groups is 2. The molecule has 1 saturated heterocycles. The fraction of sp³-hybridized carbons (Fsp3) is 0.941. The predicted octanol–water partition coefficient (Wildman–Crippen LogP) is 6.99. The van der Waals surface area contributed by atoms with E-state index in [1.165, 1.54) is 25.7 Å². The van der Waals surface area contributed by atoms with Gasteiger partial charge in [0.1, 0.15) is 6.10 Å². The number of hydrogen-bond donors (Lipinski definition) is 1. The lowest BCUT2D eigenvalue weighted by molar-refractivity contribution is -0.665. The van der Waals surface area contributed by atoms with Gasteiger partial charge in [-0.25, -0.2) is 0 Å². The third-order valence-corrected chi connectivity index (χ3v) is 13.7. The molecule has 9 atom stereocenters. The van der Waals surface area contributed by atoms with Crippen LogP contribution in [0, 0.1) is 52.3 Å². The van der Waals surface area contributed by atoms with Crippen molar-refractivity contribution in [3.8, 4) is 0 Å². The maximum atomic E-state index is 12.5. The van der Waals surface area contributed by atoms with E-state index < -0.39 is 11.6 Å². The van der Waals surface area contributed by atoms with Crippen LogP contribution in [0.2, 0.25) is 0 Å². The van der Waals surface area contributed by atoms with Gasteiger partial charge in [0.2, 0.25) is 17.5 Å². The molecule has 0 aromatic rings. The number of esters is 1. The van der Waals surface area contributed by atoms with E-state index in [-0.39, 0.29) is 34.7 Å². The molecule has 0 aromatic heterocycles. The van der Waals surface area contributed by atoms with Crippen molar-refractivity contribution in [3.63, 3.8) is 0 Å². The zero-order valence-corrected chi connectivity index (χ0v) is 26.7. The minimum absolute atomic E-state index is 0.105. The van der Waals surface area contributed by atoms with E-state index in [0.717, 1.165) is 57.8 Å². The Morgan fingerprint density at radius 2 is 1.55 bits per heavy atom. The Hall–Kier alpha value is -1.22. The van der Waals surface area contributed by atoms with E-state index in [1.807, 2.05) is 0 Å². The molecule has 1 heterocycles. The monoisotopic (exact) mass is 589 g/mol. The van der Waals surface area contributed by atoms with Crippen molar-refractivity contribution >= 4 is 11.9 Å². The summed E-state index contributed by atoms with van der Waals surface area (Å²) >= 11 is 0. The number of fused-ring (bicyclic) bond motifs is 5. The molecule has 0 bridgehead atoms. The van der Waals surface area contributed by atoms with Gasteiger partial charge in [0, 0.05) is 44.9 Å². The Kier molecular flexibility index (Phi) is 8.28. The first-order chi connectivity index (χ1) is 19.9. The molecule has 6 fully saturated rings. The van der Waals surface area contributed by atoms with E-state index in [2.05, 4.69) is 27.7 Å². The first-order valence-electron chi connectivity index (χ1n) is 17.1. The van der Waals surface area contributed by atoms with Crippen molar-refractivity contribution in [1.82, 2.24) is 0 Å². The molecule has 5 saturated carbocycles. The van der Waals surface area contributed by atoms with Gasteiger partial charge in [-0.15, -0.1) is 0 Å². The highest BCUT2D eigenvalue weighted by Gasteiger charge is 2.66. The van der Waals surface area contributed by atoms with Crippen LogP contribution in [0.15, 0.2) is 0 Å². The average molecular weight is 590 g/mol. The Balaban J connectivity index is 1.19. The number of hydrogen-bond acceptors (Lipinski definition) is 7. The third kappa shape index (κ3) is 5.24. The molecule has 2 spiro atoms. The molecule has 8 heteroatoms. The van der Waals surface area contributed by atoms with Gasteiger partial charge in [-0.1, -0.05) is 34.1 Å². The molecule has 238 valence electrons. The summed E-state index contributed by atoms with van der Waals surface area (Å²) in [6, 6.07) is 0. The molecule has 8 nitrogen and oxygen atoms in total. The molecular formula is C34H55NO7. The van der Waals surface area contributed by atoms with Gasteiger partial charge in [-0.05, 0) is 104 Å². The van der Waals surface area contributed by atoms with Crippen LogP contribution in [0.4, 0.5) is 0 Å². The number of nitrogens with two attached hydrogens (primary N) is 1. The SMILES string of the molecule is CCC1CCC2(CC1)OOC1(CC[C@@]3(C)[C@H](C[C@@H](OC(C)=O)[C@@H]4[C@@H]3CC[C@]3(C)[C@@H]([C@H](C)CCC(N)=O)CC[C@@H]43)C1)OO2. The molecule has 0 unspecified atom stereocenters. The van der Waals surface area contributed by atoms with Crippen LogP contribution in [0.5, 0.6) is 0 Å². The average Bonchev–Trinajstić information content (AvgIpc) is 3.32. The van der Waals surface area contributed by atoms with Crippen molar-refractivity contribution in [2.24, 2.45) is 58.0 Å². The Bertz CT molecular complexity index is 1020. The lowest BCUT2D eigenvalue weighted by Gasteiger charge is -2.64. The van der Waals surface area contributed by atoms with Crippen LogP contribution in [0.25, 0.3) is 0 Å². The first kappa shape index (κ1) is 30.8. The van der Waals surface area contributed by atoms with Gasteiger partial charge in [0.15, 0.2) is 0 Å². The van der Waals surface area contributed by atoms with Crippen LogP contribution in [0.3, 0.4) is 0 Å². The van der Waals surface area contributed by atoms with E-state index in [9.17, 15) is 9.59 Å². The van der Waals surface area contributed by atoms with Gasteiger partial charge in [0.25, 0.3) is 0 Å². The number of amides is 1. The largest absolute Gasteiger partial charge is 0.462 e. The Morgan fingerprint density at radius 1 is 0.881 bits per heavy atom. The van der Waals surface area contributed by atoms with Gasteiger partial charge >= 0.3 is 5.97 Å². The first-order valence-corrected chi connectivity index (χ1v) is 17.1. The lowest BCUT2D eigenvalue weighted by atomic mass is 9.43. The molecule has 0 aromatic carbocycles. The van der Waals surface area contributed by atoms with Gasteiger partial charge in [-0.2, -0.15) is 19.6 Å². The van der Waals surface area contributed by atoms with Crippen molar-refractivity contribution < 1.29 is 33.9 Å². The number of primary amides is 1. The van der Waals surface area contributed by atoms with Crippen molar-refractivity contribution in [2.75, 3.05) is 0 Å². The second-order valence-corrected chi connectivity index (χ2v) is 15.8. The molecule has 1 aliphatic heterocycles. The van der Waals surface area contributed by atoms with Crippen molar-refractivity contribution in [1.29, 1.82) is 0 Å². The van der Waals surface area contributed by atoms with E-state index in [0.29, 0.717) is 48.3 Å². The molecular weight excluding hydrogens is 534 g/mol. The number of rotatable bonds is 6. The fourth-order valence-electron chi connectivity index (χ4n) is 11.2. The zero-order chi connectivity index (χ0) is 29.9. The summed E-state index contributed by atoms with van der Waals surface area (Å²) in [6.07, 6.45) is 14.0. The smallest absolute Gasteiger partial charge is 0.302 e. The highest BCUT2D eigenvalue weighted by molar-refractivity contribution is 5.73. The summed E-state index contributed by atoms with van der Waals surface area (Å²) in [6.45, 7) is 11.1. The minimum Gasteiger partial charge on any atom is -0.462 e. The summed E-state index contributed by atoms with van der Waals surface area (Å²) in [5, 5.41) is 0. The van der Waals surface area contributed by atoms with Gasteiger partial charge in [0.05, 0.1) is 0 Å². The zero-order valence-electron chi connectivity index (χ0n) is 26.7. The molecule has 6 rings (SSSR count). The quantitative estimate of drug-likeness (QED) is 0.263. The summed E-state index contributed by atoms with van der Waals surface area (Å²) in [5.74, 6) is 1.30. The second kappa shape index (κ2) is 11.3. The third-order valence-electron chi connectivity index (χ3n) is 13.7. The molecule has 0 radical (unpaired) electrons. The summed E-state index contributed by atoms with van der Waals surface area (Å²) in [5.41, 5.74) is 5.82. The highest BCUT2D eigenvalue weighted by Crippen LogP contribution is 2.69. The standard InChI is InChI=1S/C34H55NO7/c1-6-23-11-15-33(16-12-23)39-41-34(42-40-33)18-17-31(4)24(20-34)19-28(38-22(3)36)30-26-9-8-25(21(2)7-10-29(35)37)32(26,5)14-13-27(30)31/h21,23-28,30H,6-20H2,1-5H3,(H2,35,37)/t21-,23?,24-,25-,26+,27+,28-,30+,31+,32-,33?,34?/m1/s1. The summed E-state index contributed by atoms with van der Waals surface area (Å²) in [7, 11) is 0.